The van der Waals surface area contributed by atoms with Gasteiger partial charge in [-0.05, 0) is 62.5 Å². The van der Waals surface area contributed by atoms with E-state index in [9.17, 15) is 9.90 Å². The first-order valence-electron chi connectivity index (χ1n) is 11.3. The molecule has 2 aliphatic rings. The van der Waals surface area contributed by atoms with Crippen LogP contribution in [0.4, 0.5) is 5.82 Å². The minimum atomic E-state index is -0.137. The normalized spacial score (nSPS) is 23.7. The molecule has 1 saturated heterocycles. The van der Waals surface area contributed by atoms with Gasteiger partial charge < -0.3 is 15.7 Å². The molecule has 1 unspecified atom stereocenters. The molecule has 1 saturated carbocycles. The van der Waals surface area contributed by atoms with Crippen LogP contribution >= 0.6 is 0 Å². The Morgan fingerprint density at radius 2 is 2.00 bits per heavy atom. The number of pyridine rings is 1. The fraction of sp³-hybridized carbons (Fsp3) is 0.583. The Bertz CT molecular complexity index is 873. The Balaban J connectivity index is 1.20. The number of fused-ring (bicyclic) bond motifs is 1. The number of nitrogens with one attached hydrogen (secondary N) is 2. The molecular weight excluding hydrogens is 376 g/mol. The summed E-state index contributed by atoms with van der Waals surface area (Å²) >= 11 is 0. The van der Waals surface area contributed by atoms with Crippen molar-refractivity contribution in [1.82, 2.24) is 15.2 Å². The van der Waals surface area contributed by atoms with Gasteiger partial charge in [0.2, 0.25) is 5.91 Å². The van der Waals surface area contributed by atoms with Crippen LogP contribution in [-0.4, -0.2) is 58.7 Å². The number of amides is 1. The van der Waals surface area contributed by atoms with Crippen molar-refractivity contribution in [3.05, 3.63) is 36.0 Å². The van der Waals surface area contributed by atoms with Gasteiger partial charge >= 0.3 is 0 Å². The number of anilines is 1. The molecule has 6 nitrogen and oxygen atoms in total. The largest absolute Gasteiger partial charge is 0.393 e. The van der Waals surface area contributed by atoms with E-state index in [2.05, 4.69) is 52.6 Å². The van der Waals surface area contributed by atoms with Crippen molar-refractivity contribution in [1.29, 1.82) is 0 Å². The molecule has 0 spiro atoms. The summed E-state index contributed by atoms with van der Waals surface area (Å²) in [6.45, 7) is 6.22. The quantitative estimate of drug-likeness (QED) is 0.654. The van der Waals surface area contributed by atoms with Crippen molar-refractivity contribution >= 4 is 22.5 Å². The summed E-state index contributed by atoms with van der Waals surface area (Å²) in [7, 11) is 0. The van der Waals surface area contributed by atoms with E-state index in [1.54, 1.807) is 6.20 Å². The minimum absolute atomic E-state index is 0.0147. The highest BCUT2D eigenvalue weighted by Crippen LogP contribution is 2.32. The SMILES string of the molecule is CCC(O)[C@H]1CC[C@H](N2CC(NC(=O)CNc3nccc4ccc(C)cc34)C2)CC1. The van der Waals surface area contributed by atoms with Crippen molar-refractivity contribution in [3.8, 4) is 0 Å². The van der Waals surface area contributed by atoms with E-state index in [-0.39, 0.29) is 24.6 Å². The van der Waals surface area contributed by atoms with Gasteiger partial charge in [-0.3, -0.25) is 9.69 Å². The number of hydrogen-bond acceptors (Lipinski definition) is 5. The zero-order valence-corrected chi connectivity index (χ0v) is 18.1. The van der Waals surface area contributed by atoms with Crippen LogP contribution in [0.1, 0.15) is 44.6 Å². The van der Waals surface area contributed by atoms with E-state index >= 15 is 0 Å². The Morgan fingerprint density at radius 3 is 2.73 bits per heavy atom. The number of aromatic nitrogens is 1. The van der Waals surface area contributed by atoms with Crippen LogP contribution in [-0.2, 0) is 4.79 Å². The summed E-state index contributed by atoms with van der Waals surface area (Å²) in [5.41, 5.74) is 1.18. The maximum absolute atomic E-state index is 12.4. The maximum atomic E-state index is 12.4. The molecule has 1 aromatic carbocycles. The van der Waals surface area contributed by atoms with Gasteiger partial charge in [-0.25, -0.2) is 4.98 Å². The molecule has 1 aliphatic heterocycles. The maximum Gasteiger partial charge on any atom is 0.239 e. The van der Waals surface area contributed by atoms with Crippen molar-refractivity contribution in [3.63, 3.8) is 0 Å². The van der Waals surface area contributed by atoms with Crippen LogP contribution in [0, 0.1) is 12.8 Å². The third kappa shape index (κ3) is 4.76. The van der Waals surface area contributed by atoms with Gasteiger partial charge in [0.1, 0.15) is 5.82 Å². The number of aliphatic hydroxyl groups excluding tert-OH is 1. The van der Waals surface area contributed by atoms with Crippen LogP contribution in [0.25, 0.3) is 10.8 Å². The predicted octanol–water partition coefficient (Wildman–Crippen LogP) is 3.09. The smallest absolute Gasteiger partial charge is 0.239 e. The number of carbonyl (C=O) groups is 1. The second-order valence-electron chi connectivity index (χ2n) is 9.00. The molecule has 3 N–H and O–H groups in total. The summed E-state index contributed by atoms with van der Waals surface area (Å²) < 4.78 is 0. The highest BCUT2D eigenvalue weighted by Gasteiger charge is 2.36. The van der Waals surface area contributed by atoms with Crippen LogP contribution in [0.2, 0.25) is 0 Å². The van der Waals surface area contributed by atoms with E-state index in [4.69, 9.17) is 0 Å². The second kappa shape index (κ2) is 9.31. The molecule has 162 valence electrons. The van der Waals surface area contributed by atoms with Crippen molar-refractivity contribution in [2.45, 2.75) is 64.1 Å². The van der Waals surface area contributed by atoms with Crippen molar-refractivity contribution < 1.29 is 9.90 Å². The highest BCUT2D eigenvalue weighted by molar-refractivity contribution is 5.93. The van der Waals surface area contributed by atoms with Crippen molar-refractivity contribution in [2.75, 3.05) is 25.0 Å². The molecule has 1 amide bonds. The molecule has 1 atom stereocenters. The number of rotatable bonds is 7. The molecule has 2 aromatic rings. The Hall–Kier alpha value is -2.18. The number of likely N-dealkylation sites (tertiary alicyclic amines) is 1. The van der Waals surface area contributed by atoms with Crippen molar-refractivity contribution in [2.24, 2.45) is 5.92 Å². The molecule has 0 bridgehead atoms. The first kappa shape index (κ1) is 21.1. The van der Waals surface area contributed by atoms with E-state index in [1.165, 1.54) is 5.56 Å². The van der Waals surface area contributed by atoms with Gasteiger partial charge in [0.15, 0.2) is 0 Å². The minimum Gasteiger partial charge on any atom is -0.393 e. The molecule has 30 heavy (non-hydrogen) atoms. The van der Waals surface area contributed by atoms with E-state index in [0.717, 1.165) is 61.8 Å². The van der Waals surface area contributed by atoms with Crippen LogP contribution in [0.5, 0.6) is 0 Å². The molecule has 4 rings (SSSR count). The Labute approximate surface area is 179 Å². The first-order chi connectivity index (χ1) is 14.5. The molecule has 1 aliphatic carbocycles. The summed E-state index contributed by atoms with van der Waals surface area (Å²) in [6, 6.07) is 9.09. The van der Waals surface area contributed by atoms with Crippen LogP contribution in [0.3, 0.4) is 0 Å². The lowest BCUT2D eigenvalue weighted by Gasteiger charge is -2.47. The fourth-order valence-corrected chi connectivity index (χ4v) is 4.95. The number of hydrogen-bond donors (Lipinski definition) is 3. The van der Waals surface area contributed by atoms with Gasteiger partial charge in [0.25, 0.3) is 0 Å². The topological polar surface area (TPSA) is 77.5 Å². The lowest BCUT2D eigenvalue weighted by Crippen LogP contribution is -2.63. The summed E-state index contributed by atoms with van der Waals surface area (Å²) in [6.07, 6.45) is 7.06. The second-order valence-corrected chi connectivity index (χ2v) is 9.00. The number of aliphatic hydroxyl groups is 1. The Morgan fingerprint density at radius 1 is 1.23 bits per heavy atom. The summed E-state index contributed by atoms with van der Waals surface area (Å²) in [5.74, 6) is 1.24. The van der Waals surface area contributed by atoms with E-state index in [1.807, 2.05) is 6.07 Å². The van der Waals surface area contributed by atoms with E-state index < -0.39 is 0 Å². The zero-order valence-electron chi connectivity index (χ0n) is 18.1. The van der Waals surface area contributed by atoms with Gasteiger partial charge in [-0.2, -0.15) is 0 Å². The van der Waals surface area contributed by atoms with Crippen LogP contribution in [0.15, 0.2) is 30.5 Å². The van der Waals surface area contributed by atoms with Crippen LogP contribution < -0.4 is 10.6 Å². The predicted molar refractivity (Wildman–Crippen MR) is 121 cm³/mol. The average molecular weight is 411 g/mol. The fourth-order valence-electron chi connectivity index (χ4n) is 4.95. The van der Waals surface area contributed by atoms with Gasteiger partial charge in [0, 0.05) is 30.7 Å². The third-order valence-corrected chi connectivity index (χ3v) is 6.83. The van der Waals surface area contributed by atoms with Gasteiger partial charge in [-0.15, -0.1) is 0 Å². The standard InChI is InChI=1S/C24H34N4O2/c1-3-22(29)18-6-8-20(9-7-18)28-14-19(15-28)27-23(30)13-26-24-21-12-16(2)4-5-17(21)10-11-25-24/h4-5,10-12,18-20,22,29H,3,6-9,13-15H2,1-2H3,(H,25,26)(H,27,30)/t18-,20-,22?. The first-order valence-corrected chi connectivity index (χ1v) is 11.3. The lowest BCUT2D eigenvalue weighted by molar-refractivity contribution is -0.121. The number of nitrogens with zero attached hydrogens (tertiary/aromatic N) is 2. The number of aryl methyl sites for hydroxylation is 1. The molecule has 6 heteroatoms. The molecule has 1 aromatic heterocycles. The molecule has 2 heterocycles. The number of benzene rings is 1. The molecule has 2 fully saturated rings. The lowest BCUT2D eigenvalue weighted by atomic mass is 9.80. The highest BCUT2D eigenvalue weighted by atomic mass is 16.3. The monoisotopic (exact) mass is 410 g/mol. The zero-order chi connectivity index (χ0) is 21.1. The van der Waals surface area contributed by atoms with Gasteiger partial charge in [-0.1, -0.05) is 24.6 Å². The third-order valence-electron chi connectivity index (χ3n) is 6.83. The van der Waals surface area contributed by atoms with Gasteiger partial charge in [0.05, 0.1) is 18.7 Å². The molecular formula is C24H34N4O2. The number of carbonyl (C=O) groups excluding carboxylic acids is 1. The summed E-state index contributed by atoms with van der Waals surface area (Å²) in [4.78, 5) is 19.3. The van der Waals surface area contributed by atoms with E-state index in [0.29, 0.717) is 12.0 Å². The molecule has 0 radical (unpaired) electrons. The Kier molecular flexibility index (Phi) is 6.54. The summed E-state index contributed by atoms with van der Waals surface area (Å²) in [5, 5.41) is 18.6. The average Bonchev–Trinajstić information content (AvgIpc) is 2.74.